The number of hydrogen-bond acceptors (Lipinski definition) is 2. The molecule has 2 N–H and O–H groups in total. The summed E-state index contributed by atoms with van der Waals surface area (Å²) in [6, 6.07) is 0.183. The van der Waals surface area contributed by atoms with Gasteiger partial charge in [0, 0.05) is 6.04 Å². The summed E-state index contributed by atoms with van der Waals surface area (Å²) in [5, 5.41) is 11.8. The topological polar surface area (TPSA) is 49.3 Å². The molecular formula is C8H15NO2. The second-order valence-corrected chi connectivity index (χ2v) is 3.42. The second kappa shape index (κ2) is 3.22. The quantitative estimate of drug-likeness (QED) is 0.620. The van der Waals surface area contributed by atoms with Gasteiger partial charge in [-0.25, -0.2) is 0 Å². The van der Waals surface area contributed by atoms with E-state index < -0.39 is 5.97 Å². The molecular weight excluding hydrogens is 142 g/mol. The predicted octanol–water partition coefficient (Wildman–Crippen LogP) is 0.705. The number of hydrogen-bond donors (Lipinski definition) is 2. The van der Waals surface area contributed by atoms with Gasteiger partial charge in [0.15, 0.2) is 0 Å². The first kappa shape index (κ1) is 8.53. The van der Waals surface area contributed by atoms with E-state index in [0.29, 0.717) is 5.92 Å². The molecule has 0 spiro atoms. The number of nitrogens with one attached hydrogen (secondary N) is 1. The highest BCUT2D eigenvalue weighted by Crippen LogP contribution is 2.30. The van der Waals surface area contributed by atoms with E-state index in [2.05, 4.69) is 12.2 Å². The molecule has 0 aromatic rings. The van der Waals surface area contributed by atoms with E-state index in [1.165, 1.54) is 0 Å². The van der Waals surface area contributed by atoms with Crippen LogP contribution >= 0.6 is 0 Å². The molecule has 0 aromatic carbocycles. The Morgan fingerprint density at radius 3 is 2.55 bits per heavy atom. The van der Waals surface area contributed by atoms with Crippen molar-refractivity contribution in [1.29, 1.82) is 0 Å². The molecule has 3 nitrogen and oxygen atoms in total. The van der Waals surface area contributed by atoms with Crippen LogP contribution in [0.25, 0.3) is 0 Å². The van der Waals surface area contributed by atoms with Gasteiger partial charge < -0.3 is 10.4 Å². The molecule has 0 aromatic heterocycles. The van der Waals surface area contributed by atoms with Crippen molar-refractivity contribution in [3.05, 3.63) is 0 Å². The van der Waals surface area contributed by atoms with E-state index in [4.69, 9.17) is 5.11 Å². The van der Waals surface area contributed by atoms with Crippen molar-refractivity contribution in [3.63, 3.8) is 0 Å². The molecule has 1 aliphatic carbocycles. The first-order valence-corrected chi connectivity index (χ1v) is 4.05. The fraction of sp³-hybridized carbons (Fsp3) is 0.875. The van der Waals surface area contributed by atoms with Crippen molar-refractivity contribution in [3.8, 4) is 0 Å². The molecule has 0 radical (unpaired) electrons. The van der Waals surface area contributed by atoms with Gasteiger partial charge in [0.05, 0.1) is 5.92 Å². The standard InChI is InChI=1S/C8H15NO2/c1-5-3-6(8(10)11)7(4-5)9-2/h5-7,9H,3-4H2,1-2H3,(H,10,11). The minimum atomic E-state index is -0.659. The average Bonchev–Trinajstić information content (AvgIpc) is 2.30. The maximum atomic E-state index is 10.7. The number of aliphatic carboxylic acids is 1. The Bertz CT molecular complexity index is 158. The first-order valence-electron chi connectivity index (χ1n) is 4.05. The van der Waals surface area contributed by atoms with E-state index in [0.717, 1.165) is 12.8 Å². The molecule has 1 fully saturated rings. The lowest BCUT2D eigenvalue weighted by Gasteiger charge is -2.13. The summed E-state index contributed by atoms with van der Waals surface area (Å²) in [5.74, 6) is -0.280. The summed E-state index contributed by atoms with van der Waals surface area (Å²) in [4.78, 5) is 10.7. The van der Waals surface area contributed by atoms with Crippen LogP contribution in [0.5, 0.6) is 0 Å². The zero-order valence-corrected chi connectivity index (χ0v) is 7.00. The van der Waals surface area contributed by atoms with Crippen molar-refractivity contribution in [1.82, 2.24) is 5.32 Å². The van der Waals surface area contributed by atoms with Crippen LogP contribution in [0.1, 0.15) is 19.8 Å². The van der Waals surface area contributed by atoms with Crippen LogP contribution in [0.15, 0.2) is 0 Å². The van der Waals surface area contributed by atoms with Gasteiger partial charge in [0.1, 0.15) is 0 Å². The summed E-state index contributed by atoms with van der Waals surface area (Å²) in [6.45, 7) is 2.10. The molecule has 1 rings (SSSR count). The largest absolute Gasteiger partial charge is 0.481 e. The molecule has 0 aliphatic heterocycles. The maximum absolute atomic E-state index is 10.7. The Balaban J connectivity index is 2.57. The van der Waals surface area contributed by atoms with Gasteiger partial charge in [-0.05, 0) is 25.8 Å². The molecule has 11 heavy (non-hydrogen) atoms. The van der Waals surface area contributed by atoms with Crippen LogP contribution in [0, 0.1) is 11.8 Å². The van der Waals surface area contributed by atoms with Crippen molar-refractivity contribution in [2.75, 3.05) is 7.05 Å². The molecule has 3 heteroatoms. The van der Waals surface area contributed by atoms with Gasteiger partial charge >= 0.3 is 5.97 Å². The highest BCUT2D eigenvalue weighted by molar-refractivity contribution is 5.71. The predicted molar refractivity (Wildman–Crippen MR) is 42.4 cm³/mol. The maximum Gasteiger partial charge on any atom is 0.308 e. The van der Waals surface area contributed by atoms with Gasteiger partial charge in [-0.3, -0.25) is 4.79 Å². The lowest BCUT2D eigenvalue weighted by molar-refractivity contribution is -0.142. The first-order chi connectivity index (χ1) is 5.15. The summed E-state index contributed by atoms with van der Waals surface area (Å²) < 4.78 is 0. The van der Waals surface area contributed by atoms with Gasteiger partial charge in [-0.15, -0.1) is 0 Å². The molecule has 1 saturated carbocycles. The normalized spacial score (nSPS) is 37.5. The molecule has 3 atom stereocenters. The van der Waals surface area contributed by atoms with Crippen LogP contribution in [0.3, 0.4) is 0 Å². The molecule has 0 bridgehead atoms. The summed E-state index contributed by atoms with van der Waals surface area (Å²) in [7, 11) is 1.83. The number of carbonyl (C=O) groups is 1. The zero-order valence-electron chi connectivity index (χ0n) is 7.00. The Morgan fingerprint density at radius 2 is 2.18 bits per heavy atom. The Morgan fingerprint density at radius 1 is 1.55 bits per heavy atom. The monoisotopic (exact) mass is 157 g/mol. The molecule has 1 aliphatic rings. The molecule has 0 saturated heterocycles. The molecule has 0 amide bonds. The number of carboxylic acid groups (broad SMARTS) is 1. The fourth-order valence-corrected chi connectivity index (χ4v) is 1.88. The molecule has 64 valence electrons. The van der Waals surface area contributed by atoms with Crippen LogP contribution in [0.2, 0.25) is 0 Å². The van der Waals surface area contributed by atoms with Gasteiger partial charge in [-0.1, -0.05) is 6.92 Å². The van der Waals surface area contributed by atoms with E-state index in [-0.39, 0.29) is 12.0 Å². The fourth-order valence-electron chi connectivity index (χ4n) is 1.88. The van der Waals surface area contributed by atoms with Crippen LogP contribution in [-0.4, -0.2) is 24.2 Å². The van der Waals surface area contributed by atoms with Crippen LogP contribution < -0.4 is 5.32 Å². The highest BCUT2D eigenvalue weighted by atomic mass is 16.4. The Kier molecular flexibility index (Phi) is 2.49. The summed E-state index contributed by atoms with van der Waals surface area (Å²) in [6.07, 6.45) is 1.81. The lowest BCUT2D eigenvalue weighted by Crippen LogP contribution is -2.33. The minimum Gasteiger partial charge on any atom is -0.481 e. The average molecular weight is 157 g/mol. The third-order valence-electron chi connectivity index (χ3n) is 2.49. The van der Waals surface area contributed by atoms with Crippen molar-refractivity contribution >= 4 is 5.97 Å². The highest BCUT2D eigenvalue weighted by Gasteiger charge is 2.35. The second-order valence-electron chi connectivity index (χ2n) is 3.42. The zero-order chi connectivity index (χ0) is 8.43. The third kappa shape index (κ3) is 1.71. The van der Waals surface area contributed by atoms with Gasteiger partial charge in [-0.2, -0.15) is 0 Å². The van der Waals surface area contributed by atoms with E-state index >= 15 is 0 Å². The molecule has 3 unspecified atom stereocenters. The van der Waals surface area contributed by atoms with Gasteiger partial charge in [0.25, 0.3) is 0 Å². The summed E-state index contributed by atoms with van der Waals surface area (Å²) in [5.41, 5.74) is 0. The van der Waals surface area contributed by atoms with Crippen molar-refractivity contribution in [2.24, 2.45) is 11.8 Å². The van der Waals surface area contributed by atoms with Gasteiger partial charge in [0.2, 0.25) is 0 Å². The Hall–Kier alpha value is -0.570. The van der Waals surface area contributed by atoms with Crippen molar-refractivity contribution < 1.29 is 9.90 Å². The van der Waals surface area contributed by atoms with Crippen LogP contribution in [0.4, 0.5) is 0 Å². The lowest BCUT2D eigenvalue weighted by atomic mass is 10.0. The number of carboxylic acids is 1. The Labute approximate surface area is 66.8 Å². The third-order valence-corrected chi connectivity index (χ3v) is 2.49. The molecule has 0 heterocycles. The smallest absolute Gasteiger partial charge is 0.308 e. The summed E-state index contributed by atoms with van der Waals surface area (Å²) >= 11 is 0. The van der Waals surface area contributed by atoms with E-state index in [1.807, 2.05) is 7.05 Å². The van der Waals surface area contributed by atoms with Crippen LogP contribution in [-0.2, 0) is 4.79 Å². The SMILES string of the molecule is CNC1CC(C)CC1C(=O)O. The van der Waals surface area contributed by atoms with E-state index in [9.17, 15) is 4.79 Å². The number of rotatable bonds is 2. The van der Waals surface area contributed by atoms with Crippen molar-refractivity contribution in [2.45, 2.75) is 25.8 Å². The minimum absolute atomic E-state index is 0.171. The van der Waals surface area contributed by atoms with E-state index in [1.54, 1.807) is 0 Å².